The van der Waals surface area contributed by atoms with Crippen molar-refractivity contribution < 1.29 is 13.3 Å². The Bertz CT molecular complexity index is 780. The van der Waals surface area contributed by atoms with E-state index in [9.17, 15) is 18.5 Å². The SMILES string of the molecule is Cc1cccc(C)c1NS(=O)(=O)c1cccc([N+](=O)[O-])c1. The number of aryl methyl sites for hydroxylation is 2. The standard InChI is InChI=1S/C14H14N2O4S/c1-10-5-3-6-11(2)14(10)15-21(19,20)13-8-4-7-12(9-13)16(17)18/h3-9,15H,1-2H3. The van der Waals surface area contributed by atoms with Crippen LogP contribution in [0.25, 0.3) is 0 Å². The van der Waals surface area contributed by atoms with Crippen molar-refractivity contribution in [2.45, 2.75) is 18.7 Å². The fraction of sp³-hybridized carbons (Fsp3) is 0.143. The van der Waals surface area contributed by atoms with Gasteiger partial charge in [-0.3, -0.25) is 14.8 Å². The normalized spacial score (nSPS) is 11.1. The molecule has 0 spiro atoms. The van der Waals surface area contributed by atoms with Gasteiger partial charge in [0.1, 0.15) is 0 Å². The van der Waals surface area contributed by atoms with Gasteiger partial charge in [0.25, 0.3) is 15.7 Å². The third-order valence-corrected chi connectivity index (χ3v) is 4.40. The van der Waals surface area contributed by atoms with E-state index in [1.165, 1.54) is 18.2 Å². The van der Waals surface area contributed by atoms with Gasteiger partial charge in [-0.05, 0) is 31.0 Å². The van der Waals surface area contributed by atoms with E-state index in [4.69, 9.17) is 0 Å². The second-order valence-corrected chi connectivity index (χ2v) is 6.31. The zero-order valence-corrected chi connectivity index (χ0v) is 12.3. The molecule has 0 saturated carbocycles. The number of rotatable bonds is 4. The molecule has 0 unspecified atom stereocenters. The molecule has 0 aliphatic carbocycles. The first kappa shape index (κ1) is 15.0. The fourth-order valence-electron chi connectivity index (χ4n) is 1.93. The van der Waals surface area contributed by atoms with Crippen LogP contribution < -0.4 is 4.72 Å². The van der Waals surface area contributed by atoms with Crippen molar-refractivity contribution in [1.29, 1.82) is 0 Å². The number of para-hydroxylation sites is 1. The molecule has 0 fully saturated rings. The van der Waals surface area contributed by atoms with Gasteiger partial charge < -0.3 is 0 Å². The highest BCUT2D eigenvalue weighted by Crippen LogP contribution is 2.24. The highest BCUT2D eigenvalue weighted by atomic mass is 32.2. The van der Waals surface area contributed by atoms with E-state index in [1.807, 2.05) is 6.07 Å². The predicted molar refractivity (Wildman–Crippen MR) is 79.8 cm³/mol. The van der Waals surface area contributed by atoms with E-state index < -0.39 is 14.9 Å². The molecule has 0 radical (unpaired) electrons. The van der Waals surface area contributed by atoms with E-state index in [0.717, 1.165) is 17.2 Å². The number of hydrogen-bond donors (Lipinski definition) is 1. The van der Waals surface area contributed by atoms with Crippen LogP contribution in [0.4, 0.5) is 11.4 Å². The summed E-state index contributed by atoms with van der Waals surface area (Å²) in [5.74, 6) is 0. The maximum Gasteiger partial charge on any atom is 0.270 e. The number of nitrogens with one attached hydrogen (secondary N) is 1. The van der Waals surface area contributed by atoms with E-state index >= 15 is 0 Å². The Morgan fingerprint density at radius 3 is 2.19 bits per heavy atom. The first-order valence-corrected chi connectivity index (χ1v) is 7.63. The summed E-state index contributed by atoms with van der Waals surface area (Å²) >= 11 is 0. The Morgan fingerprint density at radius 1 is 1.05 bits per heavy atom. The smallest absolute Gasteiger partial charge is 0.270 e. The zero-order valence-electron chi connectivity index (χ0n) is 11.5. The number of nitro groups is 1. The summed E-state index contributed by atoms with van der Waals surface area (Å²) in [7, 11) is -3.87. The largest absolute Gasteiger partial charge is 0.279 e. The molecule has 21 heavy (non-hydrogen) atoms. The van der Waals surface area contributed by atoms with Crippen molar-refractivity contribution >= 4 is 21.4 Å². The second-order valence-electron chi connectivity index (χ2n) is 4.63. The van der Waals surface area contributed by atoms with Crippen LogP contribution in [-0.4, -0.2) is 13.3 Å². The highest BCUT2D eigenvalue weighted by molar-refractivity contribution is 7.92. The maximum absolute atomic E-state index is 12.3. The number of non-ortho nitro benzene ring substituents is 1. The van der Waals surface area contributed by atoms with Crippen LogP contribution >= 0.6 is 0 Å². The Morgan fingerprint density at radius 2 is 1.62 bits per heavy atom. The number of benzene rings is 2. The van der Waals surface area contributed by atoms with Gasteiger partial charge in [-0.25, -0.2) is 8.42 Å². The van der Waals surface area contributed by atoms with Crippen molar-refractivity contribution in [1.82, 2.24) is 0 Å². The quantitative estimate of drug-likeness (QED) is 0.694. The van der Waals surface area contributed by atoms with Gasteiger partial charge in [-0.1, -0.05) is 24.3 Å². The van der Waals surface area contributed by atoms with Gasteiger partial charge in [-0.15, -0.1) is 0 Å². The summed E-state index contributed by atoms with van der Waals surface area (Å²) < 4.78 is 27.2. The van der Waals surface area contributed by atoms with Crippen LogP contribution in [0.1, 0.15) is 11.1 Å². The van der Waals surface area contributed by atoms with Gasteiger partial charge in [0.2, 0.25) is 0 Å². The van der Waals surface area contributed by atoms with Crippen LogP contribution in [0.3, 0.4) is 0 Å². The third-order valence-electron chi connectivity index (χ3n) is 3.06. The molecule has 1 N–H and O–H groups in total. The van der Waals surface area contributed by atoms with Crippen molar-refractivity contribution in [3.63, 3.8) is 0 Å². The van der Waals surface area contributed by atoms with Crippen LogP contribution in [-0.2, 0) is 10.0 Å². The lowest BCUT2D eigenvalue weighted by Gasteiger charge is -2.13. The number of anilines is 1. The lowest BCUT2D eigenvalue weighted by atomic mass is 10.1. The Labute approximate surface area is 122 Å². The summed E-state index contributed by atoms with van der Waals surface area (Å²) in [6.07, 6.45) is 0. The molecule has 0 aliphatic heterocycles. The van der Waals surface area contributed by atoms with Gasteiger partial charge in [0, 0.05) is 12.1 Å². The van der Waals surface area contributed by atoms with Crippen molar-refractivity contribution in [2.24, 2.45) is 0 Å². The van der Waals surface area contributed by atoms with E-state index in [2.05, 4.69) is 4.72 Å². The van der Waals surface area contributed by atoms with Gasteiger partial charge in [-0.2, -0.15) is 0 Å². The second kappa shape index (κ2) is 5.53. The molecule has 0 atom stereocenters. The minimum absolute atomic E-state index is 0.139. The molecule has 2 rings (SSSR count). The molecule has 0 saturated heterocycles. The Hall–Kier alpha value is -2.41. The molecule has 110 valence electrons. The van der Waals surface area contributed by atoms with Crippen LogP contribution in [0.5, 0.6) is 0 Å². The summed E-state index contributed by atoms with van der Waals surface area (Å²) in [5.41, 5.74) is 1.79. The van der Waals surface area contributed by atoms with Crippen LogP contribution in [0, 0.1) is 24.0 Å². The monoisotopic (exact) mass is 306 g/mol. The molecule has 0 amide bonds. The first-order chi connectivity index (χ1) is 9.81. The van der Waals surface area contributed by atoms with Crippen LogP contribution in [0.15, 0.2) is 47.4 Å². The molecule has 0 bridgehead atoms. The highest BCUT2D eigenvalue weighted by Gasteiger charge is 2.19. The molecule has 0 aliphatic rings. The van der Waals surface area contributed by atoms with Crippen molar-refractivity contribution in [3.8, 4) is 0 Å². The third kappa shape index (κ3) is 3.19. The minimum atomic E-state index is -3.87. The summed E-state index contributed by atoms with van der Waals surface area (Å²) in [6.45, 7) is 3.58. The van der Waals surface area contributed by atoms with E-state index in [0.29, 0.717) is 5.69 Å². The lowest BCUT2D eigenvalue weighted by Crippen LogP contribution is -2.14. The van der Waals surface area contributed by atoms with Crippen molar-refractivity contribution in [3.05, 3.63) is 63.7 Å². The number of sulfonamides is 1. The van der Waals surface area contributed by atoms with Crippen LogP contribution in [0.2, 0.25) is 0 Å². The number of nitro benzene ring substituents is 1. The Balaban J connectivity index is 2.44. The van der Waals surface area contributed by atoms with E-state index in [-0.39, 0.29) is 10.6 Å². The molecular weight excluding hydrogens is 292 g/mol. The molecule has 2 aromatic carbocycles. The van der Waals surface area contributed by atoms with Gasteiger partial charge >= 0.3 is 0 Å². The molecule has 0 heterocycles. The van der Waals surface area contributed by atoms with E-state index in [1.54, 1.807) is 26.0 Å². The molecule has 6 nitrogen and oxygen atoms in total. The fourth-order valence-corrected chi connectivity index (χ4v) is 3.18. The zero-order chi connectivity index (χ0) is 15.6. The minimum Gasteiger partial charge on any atom is -0.279 e. The van der Waals surface area contributed by atoms with Gasteiger partial charge in [0.05, 0.1) is 15.5 Å². The lowest BCUT2D eigenvalue weighted by molar-refractivity contribution is -0.385. The topological polar surface area (TPSA) is 89.3 Å². The molecule has 0 aromatic heterocycles. The number of hydrogen-bond acceptors (Lipinski definition) is 4. The Kier molecular flexibility index (Phi) is 3.95. The predicted octanol–water partition coefficient (Wildman–Crippen LogP) is 3.01. The summed E-state index contributed by atoms with van der Waals surface area (Å²) in [4.78, 5) is 9.97. The summed E-state index contributed by atoms with van der Waals surface area (Å²) in [6, 6.07) is 10.4. The average Bonchev–Trinajstić information content (AvgIpc) is 2.43. The molecule has 2 aromatic rings. The molecular formula is C14H14N2O4S. The van der Waals surface area contributed by atoms with Gasteiger partial charge in [0.15, 0.2) is 0 Å². The summed E-state index contributed by atoms with van der Waals surface area (Å²) in [5, 5.41) is 10.7. The van der Waals surface area contributed by atoms with Crippen molar-refractivity contribution in [2.75, 3.05) is 4.72 Å². The number of nitrogens with zero attached hydrogens (tertiary/aromatic N) is 1. The maximum atomic E-state index is 12.3. The average molecular weight is 306 g/mol. The molecule has 7 heteroatoms. The first-order valence-electron chi connectivity index (χ1n) is 6.15.